The van der Waals surface area contributed by atoms with E-state index in [9.17, 15) is 22.8 Å². The van der Waals surface area contributed by atoms with Crippen LogP contribution in [0.5, 0.6) is 0 Å². The highest BCUT2D eigenvalue weighted by Crippen LogP contribution is 2.14. The van der Waals surface area contributed by atoms with Crippen LogP contribution in [0.1, 0.15) is 23.7 Å². The van der Waals surface area contributed by atoms with Crippen LogP contribution in [0, 0.1) is 0 Å². The van der Waals surface area contributed by atoms with Crippen molar-refractivity contribution in [1.82, 2.24) is 15.1 Å². The third-order valence-electron chi connectivity index (χ3n) is 4.05. The first-order valence-corrected chi connectivity index (χ1v) is 9.69. The molecule has 1 heterocycles. The van der Waals surface area contributed by atoms with Gasteiger partial charge in [-0.15, -0.1) is 0 Å². The Hall–Kier alpha value is -2.14. The Kier molecular flexibility index (Phi) is 10.1. The summed E-state index contributed by atoms with van der Waals surface area (Å²) in [5.74, 6) is -2.66. The maximum absolute atomic E-state index is 12.5. The lowest BCUT2D eigenvalue weighted by molar-refractivity contribution is -0.192. The summed E-state index contributed by atoms with van der Waals surface area (Å²) >= 11 is 3.38. The van der Waals surface area contributed by atoms with Crippen LogP contribution in [0.3, 0.4) is 0 Å². The number of hydrogen-bond acceptors (Lipinski definition) is 4. The monoisotopic (exact) mass is 481 g/mol. The molecule has 1 aliphatic heterocycles. The molecule has 0 aliphatic carbocycles. The largest absolute Gasteiger partial charge is 0.490 e. The maximum Gasteiger partial charge on any atom is 0.490 e. The van der Waals surface area contributed by atoms with E-state index in [1.807, 2.05) is 30.0 Å². The summed E-state index contributed by atoms with van der Waals surface area (Å²) in [4.78, 5) is 37.2. The summed E-state index contributed by atoms with van der Waals surface area (Å²) in [5, 5.41) is 10.4. The highest BCUT2D eigenvalue weighted by Gasteiger charge is 2.38. The molecule has 162 valence electrons. The van der Waals surface area contributed by atoms with Gasteiger partial charge < -0.3 is 20.2 Å². The van der Waals surface area contributed by atoms with Gasteiger partial charge in [0.15, 0.2) is 0 Å². The Balaban J connectivity index is 0.000000516. The molecule has 1 aliphatic rings. The molecule has 2 N–H and O–H groups in total. The molecule has 7 nitrogen and oxygen atoms in total. The van der Waals surface area contributed by atoms with Gasteiger partial charge in [0.25, 0.3) is 5.91 Å². The number of rotatable bonds is 5. The number of carboxylic acids is 1. The van der Waals surface area contributed by atoms with E-state index in [-0.39, 0.29) is 11.8 Å². The first kappa shape index (κ1) is 24.9. The van der Waals surface area contributed by atoms with Gasteiger partial charge in [0.2, 0.25) is 5.91 Å². The quantitative estimate of drug-likeness (QED) is 0.673. The number of hydrogen-bond donors (Lipinski definition) is 2. The fourth-order valence-corrected chi connectivity index (χ4v) is 2.91. The third-order valence-corrected chi connectivity index (χ3v) is 4.54. The number of aliphatic carboxylic acids is 1. The molecule has 1 aromatic carbocycles. The minimum atomic E-state index is -5.08. The van der Waals surface area contributed by atoms with Crippen molar-refractivity contribution in [2.75, 3.05) is 39.3 Å². The van der Waals surface area contributed by atoms with Gasteiger partial charge in [-0.1, -0.05) is 22.0 Å². The van der Waals surface area contributed by atoms with Gasteiger partial charge in [-0.25, -0.2) is 4.79 Å². The number of nitrogens with zero attached hydrogens (tertiary/aromatic N) is 2. The van der Waals surface area contributed by atoms with E-state index in [1.165, 1.54) is 0 Å². The second-order valence-corrected chi connectivity index (χ2v) is 6.99. The van der Waals surface area contributed by atoms with Gasteiger partial charge >= 0.3 is 12.1 Å². The van der Waals surface area contributed by atoms with Crippen LogP contribution >= 0.6 is 15.9 Å². The van der Waals surface area contributed by atoms with Crippen molar-refractivity contribution in [3.05, 3.63) is 34.3 Å². The second kappa shape index (κ2) is 11.8. The molecule has 0 saturated carbocycles. The molecule has 29 heavy (non-hydrogen) atoms. The van der Waals surface area contributed by atoms with Crippen molar-refractivity contribution in [2.24, 2.45) is 0 Å². The number of benzene rings is 1. The van der Waals surface area contributed by atoms with Gasteiger partial charge in [-0.2, -0.15) is 13.2 Å². The molecular formula is C18H23BrF3N3O4. The topological polar surface area (TPSA) is 90.0 Å². The van der Waals surface area contributed by atoms with Crippen molar-refractivity contribution in [2.45, 2.75) is 19.5 Å². The first-order chi connectivity index (χ1) is 13.6. The lowest BCUT2D eigenvalue weighted by Gasteiger charge is -2.28. The summed E-state index contributed by atoms with van der Waals surface area (Å²) in [7, 11) is 0. The maximum atomic E-state index is 12.5. The number of alkyl halides is 3. The average Bonchev–Trinajstić information content (AvgIpc) is 2.68. The van der Waals surface area contributed by atoms with Crippen LogP contribution in [-0.2, 0) is 9.59 Å². The minimum Gasteiger partial charge on any atom is -0.475 e. The zero-order valence-corrected chi connectivity index (χ0v) is 17.4. The molecule has 1 fully saturated rings. The number of amides is 2. The Labute approximate surface area is 175 Å². The number of carbonyl (C=O) groups excluding carboxylic acids is 2. The predicted molar refractivity (Wildman–Crippen MR) is 103 cm³/mol. The van der Waals surface area contributed by atoms with E-state index in [0.29, 0.717) is 25.1 Å². The highest BCUT2D eigenvalue weighted by molar-refractivity contribution is 9.10. The highest BCUT2D eigenvalue weighted by atomic mass is 79.9. The van der Waals surface area contributed by atoms with Crippen LogP contribution in [0.15, 0.2) is 28.7 Å². The molecule has 0 atom stereocenters. The van der Waals surface area contributed by atoms with Gasteiger partial charge in [-0.05, 0) is 25.1 Å². The fraction of sp³-hybridized carbons (Fsp3) is 0.500. The van der Waals surface area contributed by atoms with Crippen LogP contribution < -0.4 is 5.32 Å². The van der Waals surface area contributed by atoms with Crippen molar-refractivity contribution < 1.29 is 32.7 Å². The Bertz CT molecular complexity index is 710. The molecule has 0 radical (unpaired) electrons. The number of carbonyl (C=O) groups is 3. The standard InChI is InChI=1S/C16H22BrN3O2.C2HF3O2/c1-2-19(16(22)13-4-3-5-14(17)12-13)9-6-15(21)20-10-7-18-8-11-20;3-2(4,5)1(6)7/h3-5,12,18H,2,6-11H2,1H3;(H,6,7). The molecule has 0 bridgehead atoms. The molecule has 11 heteroatoms. The van der Waals surface area contributed by atoms with Crippen LogP contribution in [0.25, 0.3) is 0 Å². The number of nitrogens with one attached hydrogen (secondary N) is 1. The molecule has 0 spiro atoms. The molecule has 0 unspecified atom stereocenters. The minimum absolute atomic E-state index is 0.0306. The fourth-order valence-electron chi connectivity index (χ4n) is 2.51. The molecule has 1 saturated heterocycles. The van der Waals surface area contributed by atoms with E-state index >= 15 is 0 Å². The van der Waals surface area contributed by atoms with Crippen molar-refractivity contribution in [1.29, 1.82) is 0 Å². The zero-order chi connectivity index (χ0) is 22.0. The van der Waals surface area contributed by atoms with E-state index in [4.69, 9.17) is 9.90 Å². The smallest absolute Gasteiger partial charge is 0.475 e. The van der Waals surface area contributed by atoms with Gasteiger partial charge in [0, 0.05) is 55.7 Å². The van der Waals surface area contributed by atoms with Crippen LogP contribution in [0.4, 0.5) is 13.2 Å². The van der Waals surface area contributed by atoms with E-state index in [2.05, 4.69) is 21.2 Å². The Morgan fingerprint density at radius 1 is 1.24 bits per heavy atom. The SMILES string of the molecule is CCN(CCC(=O)N1CCNCC1)C(=O)c1cccc(Br)c1.O=C(O)C(F)(F)F. The van der Waals surface area contributed by atoms with Crippen molar-refractivity contribution in [3.8, 4) is 0 Å². The summed E-state index contributed by atoms with van der Waals surface area (Å²) in [6.45, 7) is 6.20. The summed E-state index contributed by atoms with van der Waals surface area (Å²) in [6, 6.07) is 7.34. The number of halogens is 4. The summed E-state index contributed by atoms with van der Waals surface area (Å²) in [5.41, 5.74) is 0.644. The van der Waals surface area contributed by atoms with E-state index in [1.54, 1.807) is 11.0 Å². The normalized spacial score (nSPS) is 13.9. The lowest BCUT2D eigenvalue weighted by Crippen LogP contribution is -2.47. The molecule has 1 aromatic rings. The van der Waals surface area contributed by atoms with E-state index in [0.717, 1.165) is 30.7 Å². The molecular weight excluding hydrogens is 459 g/mol. The summed E-state index contributed by atoms with van der Waals surface area (Å²) in [6.07, 6.45) is -4.70. The molecule has 2 rings (SSSR count). The van der Waals surface area contributed by atoms with Crippen molar-refractivity contribution >= 4 is 33.7 Å². The molecule has 0 aromatic heterocycles. The summed E-state index contributed by atoms with van der Waals surface area (Å²) < 4.78 is 32.6. The number of carboxylic acid groups (broad SMARTS) is 1. The van der Waals surface area contributed by atoms with Gasteiger partial charge in [-0.3, -0.25) is 9.59 Å². The zero-order valence-electron chi connectivity index (χ0n) is 15.8. The van der Waals surface area contributed by atoms with E-state index < -0.39 is 12.1 Å². The number of piperazine rings is 1. The van der Waals surface area contributed by atoms with Crippen molar-refractivity contribution in [3.63, 3.8) is 0 Å². The average molecular weight is 482 g/mol. The van der Waals surface area contributed by atoms with Crippen LogP contribution in [0.2, 0.25) is 0 Å². The first-order valence-electron chi connectivity index (χ1n) is 8.89. The van der Waals surface area contributed by atoms with Gasteiger partial charge in [0.05, 0.1) is 0 Å². The Morgan fingerprint density at radius 2 is 1.83 bits per heavy atom. The predicted octanol–water partition coefficient (Wildman–Crippen LogP) is 2.37. The lowest BCUT2D eigenvalue weighted by atomic mass is 10.2. The second-order valence-electron chi connectivity index (χ2n) is 6.08. The third kappa shape index (κ3) is 8.82. The molecule has 2 amide bonds. The van der Waals surface area contributed by atoms with Crippen LogP contribution in [-0.4, -0.2) is 78.1 Å². The van der Waals surface area contributed by atoms with Gasteiger partial charge in [0.1, 0.15) is 0 Å². The Morgan fingerprint density at radius 3 is 2.31 bits per heavy atom.